The molecular formula is C23H24N6O2. The smallest absolute Gasteiger partial charge is 0.321 e. The summed E-state index contributed by atoms with van der Waals surface area (Å²) in [7, 11) is 3.26. The van der Waals surface area contributed by atoms with Crippen LogP contribution in [0.3, 0.4) is 0 Å². The minimum Gasteiger partial charge on any atom is -0.321 e. The lowest BCUT2D eigenvalue weighted by atomic mass is 10.1. The molecule has 3 heterocycles. The topological polar surface area (TPSA) is 74.6 Å². The van der Waals surface area contributed by atoms with Crippen molar-refractivity contribution in [3.05, 3.63) is 65.2 Å². The third-order valence-corrected chi connectivity index (χ3v) is 6.30. The van der Waals surface area contributed by atoms with E-state index >= 15 is 0 Å². The fourth-order valence-corrected chi connectivity index (χ4v) is 4.48. The second kappa shape index (κ2) is 6.94. The van der Waals surface area contributed by atoms with Crippen molar-refractivity contribution in [3.8, 4) is 11.4 Å². The Bertz CT molecular complexity index is 1190. The summed E-state index contributed by atoms with van der Waals surface area (Å²) in [5.74, 6) is 1.01. The molecule has 8 heteroatoms. The molecule has 0 spiro atoms. The molecule has 2 aliphatic rings. The molecule has 0 bridgehead atoms. The van der Waals surface area contributed by atoms with Gasteiger partial charge in [0, 0.05) is 26.2 Å². The van der Waals surface area contributed by atoms with Crippen LogP contribution < -0.4 is 4.90 Å². The first-order chi connectivity index (χ1) is 14.9. The van der Waals surface area contributed by atoms with Gasteiger partial charge in [-0.2, -0.15) is 0 Å². The Labute approximate surface area is 180 Å². The molecular weight excluding hydrogens is 392 g/mol. The van der Waals surface area contributed by atoms with Gasteiger partial charge in [-0.05, 0) is 25.0 Å². The summed E-state index contributed by atoms with van der Waals surface area (Å²) in [5.41, 5.74) is 4.28. The van der Waals surface area contributed by atoms with E-state index in [4.69, 9.17) is 0 Å². The number of hydrogen-bond acceptors (Lipinski definition) is 5. The zero-order chi connectivity index (χ0) is 21.9. The molecule has 1 saturated heterocycles. The summed E-state index contributed by atoms with van der Waals surface area (Å²) in [6, 6.07) is 15.2. The Kier molecular flexibility index (Phi) is 4.32. The first-order valence-corrected chi connectivity index (χ1v) is 10.3. The van der Waals surface area contributed by atoms with E-state index in [-0.39, 0.29) is 11.9 Å². The summed E-state index contributed by atoms with van der Waals surface area (Å²) >= 11 is 0. The third kappa shape index (κ3) is 2.82. The Balaban J connectivity index is 1.67. The van der Waals surface area contributed by atoms with Gasteiger partial charge in [-0.15, -0.1) is 10.2 Å². The number of fused-ring (bicyclic) bond motifs is 3. The molecule has 2 atom stereocenters. The summed E-state index contributed by atoms with van der Waals surface area (Å²) in [5, 5.41) is 8.93. The second-order valence-electron chi connectivity index (χ2n) is 8.26. The van der Waals surface area contributed by atoms with E-state index in [2.05, 4.69) is 29.3 Å². The first kappa shape index (κ1) is 19.3. The van der Waals surface area contributed by atoms with E-state index in [1.165, 1.54) is 11.9 Å². The Morgan fingerprint density at radius 3 is 2.35 bits per heavy atom. The third-order valence-electron chi connectivity index (χ3n) is 6.30. The van der Waals surface area contributed by atoms with Crippen molar-refractivity contribution >= 4 is 17.9 Å². The van der Waals surface area contributed by atoms with Crippen LogP contribution in [0.5, 0.6) is 0 Å². The van der Waals surface area contributed by atoms with Crippen LogP contribution in [0.4, 0.5) is 10.7 Å². The van der Waals surface area contributed by atoms with Crippen molar-refractivity contribution < 1.29 is 9.59 Å². The van der Waals surface area contributed by atoms with E-state index < -0.39 is 12.2 Å². The van der Waals surface area contributed by atoms with Crippen molar-refractivity contribution in [1.29, 1.82) is 0 Å². The number of likely N-dealkylation sites (N-methyl/N-ethyl adjacent to an activating group) is 2. The molecule has 0 saturated carbocycles. The Morgan fingerprint density at radius 2 is 1.65 bits per heavy atom. The van der Waals surface area contributed by atoms with Crippen LogP contribution in [0, 0.1) is 13.8 Å². The average molecular weight is 416 g/mol. The van der Waals surface area contributed by atoms with E-state index in [0.29, 0.717) is 18.3 Å². The van der Waals surface area contributed by atoms with Crippen LogP contribution in [-0.2, 0) is 11.3 Å². The number of carbonyl (C=O) groups is 2. The van der Waals surface area contributed by atoms with E-state index in [9.17, 15) is 9.59 Å². The number of amides is 3. The number of aryl methyl sites for hydroxylation is 2. The van der Waals surface area contributed by atoms with Crippen LogP contribution in [0.2, 0.25) is 0 Å². The van der Waals surface area contributed by atoms with Crippen molar-refractivity contribution in [2.24, 2.45) is 0 Å². The van der Waals surface area contributed by atoms with Crippen molar-refractivity contribution in [3.63, 3.8) is 0 Å². The van der Waals surface area contributed by atoms with E-state index in [1.54, 1.807) is 11.9 Å². The maximum Gasteiger partial charge on any atom is 0.327 e. The number of rotatable bonds is 3. The monoisotopic (exact) mass is 416 g/mol. The van der Waals surface area contributed by atoms with Crippen LogP contribution >= 0.6 is 0 Å². The standard InChI is InChI=1S/C23H24N6O2/c1-14-9-11-16(12-10-14)19-24-25-22-28(13-17-8-6-5-7-15(17)2)18-20(29(19)22)26(3)23(31)27(4)21(18)30/h5-12,18,20H,13H2,1-4H3. The SMILES string of the molecule is Cc1ccc(-c2nnc3n2C2C(C(=O)N(C)C(=O)N2C)N3Cc2ccccc2C)cc1. The molecule has 158 valence electrons. The van der Waals surface area contributed by atoms with Crippen molar-refractivity contribution in [2.45, 2.75) is 32.6 Å². The second-order valence-corrected chi connectivity index (χ2v) is 8.26. The van der Waals surface area contributed by atoms with Gasteiger partial charge in [-0.3, -0.25) is 14.3 Å². The number of carbonyl (C=O) groups excluding carboxylic acids is 2. The molecule has 1 aromatic heterocycles. The fourth-order valence-electron chi connectivity index (χ4n) is 4.48. The number of nitrogens with zero attached hydrogens (tertiary/aromatic N) is 6. The average Bonchev–Trinajstić information content (AvgIpc) is 3.32. The van der Waals surface area contributed by atoms with Gasteiger partial charge in [-0.1, -0.05) is 54.1 Å². The van der Waals surface area contributed by atoms with E-state index in [1.807, 2.05) is 52.8 Å². The summed E-state index contributed by atoms with van der Waals surface area (Å²) in [4.78, 5) is 30.8. The van der Waals surface area contributed by atoms with Crippen molar-refractivity contribution in [2.75, 3.05) is 19.0 Å². The highest BCUT2D eigenvalue weighted by molar-refractivity contribution is 6.02. The molecule has 3 amide bonds. The first-order valence-electron chi connectivity index (χ1n) is 10.3. The predicted molar refractivity (Wildman–Crippen MR) is 116 cm³/mol. The maximum absolute atomic E-state index is 13.3. The number of hydrogen-bond donors (Lipinski definition) is 0. The van der Waals surface area contributed by atoms with Crippen molar-refractivity contribution in [1.82, 2.24) is 24.6 Å². The lowest BCUT2D eigenvalue weighted by Gasteiger charge is -2.40. The van der Waals surface area contributed by atoms with Gasteiger partial charge in [0.15, 0.2) is 11.9 Å². The zero-order valence-electron chi connectivity index (χ0n) is 18.0. The van der Waals surface area contributed by atoms with E-state index in [0.717, 1.165) is 22.3 Å². The highest BCUT2D eigenvalue weighted by Gasteiger charge is 2.54. The number of anilines is 1. The normalized spacial score (nSPS) is 20.3. The lowest BCUT2D eigenvalue weighted by Crippen LogP contribution is -2.61. The highest BCUT2D eigenvalue weighted by Crippen LogP contribution is 2.42. The summed E-state index contributed by atoms with van der Waals surface area (Å²) in [6.07, 6.45) is -0.512. The predicted octanol–water partition coefficient (Wildman–Crippen LogP) is 2.97. The Hall–Kier alpha value is -3.68. The Morgan fingerprint density at radius 1 is 0.935 bits per heavy atom. The number of benzene rings is 2. The number of aromatic nitrogens is 3. The maximum atomic E-state index is 13.3. The van der Waals surface area contributed by atoms with Gasteiger partial charge in [-0.25, -0.2) is 4.79 Å². The molecule has 0 N–H and O–H groups in total. The molecule has 5 rings (SSSR count). The van der Waals surface area contributed by atoms with Gasteiger partial charge in [0.1, 0.15) is 6.17 Å². The molecule has 8 nitrogen and oxygen atoms in total. The lowest BCUT2D eigenvalue weighted by molar-refractivity contribution is -0.133. The molecule has 3 aromatic rings. The number of urea groups is 1. The van der Waals surface area contributed by atoms with Crippen LogP contribution in [0.25, 0.3) is 11.4 Å². The molecule has 1 fully saturated rings. The highest BCUT2D eigenvalue weighted by atomic mass is 16.2. The van der Waals surface area contributed by atoms with Gasteiger partial charge in [0.25, 0.3) is 5.91 Å². The van der Waals surface area contributed by atoms with Gasteiger partial charge in [0.05, 0.1) is 0 Å². The van der Waals surface area contributed by atoms with Gasteiger partial charge >= 0.3 is 6.03 Å². The quantitative estimate of drug-likeness (QED) is 0.656. The minimum atomic E-state index is -0.568. The molecule has 2 aromatic carbocycles. The molecule has 31 heavy (non-hydrogen) atoms. The van der Waals surface area contributed by atoms with Crippen LogP contribution in [0.1, 0.15) is 22.9 Å². The summed E-state index contributed by atoms with van der Waals surface area (Å²) < 4.78 is 1.93. The fraction of sp³-hybridized carbons (Fsp3) is 0.304. The molecule has 0 radical (unpaired) electrons. The van der Waals surface area contributed by atoms with Crippen LogP contribution in [-0.4, -0.2) is 56.6 Å². The zero-order valence-corrected chi connectivity index (χ0v) is 18.0. The van der Waals surface area contributed by atoms with Gasteiger partial charge < -0.3 is 9.80 Å². The largest absolute Gasteiger partial charge is 0.327 e. The molecule has 0 aliphatic carbocycles. The number of imide groups is 1. The minimum absolute atomic E-state index is 0.234. The molecule has 2 aliphatic heterocycles. The van der Waals surface area contributed by atoms with Gasteiger partial charge in [0.2, 0.25) is 5.95 Å². The molecule has 2 unspecified atom stereocenters. The van der Waals surface area contributed by atoms with Crippen LogP contribution in [0.15, 0.2) is 48.5 Å². The summed E-state index contributed by atoms with van der Waals surface area (Å²) in [6.45, 7) is 4.58.